The van der Waals surface area contributed by atoms with Gasteiger partial charge in [0.05, 0.1) is 10.6 Å². The molecule has 146 valence electrons. The van der Waals surface area contributed by atoms with Crippen molar-refractivity contribution >= 4 is 27.7 Å². The Bertz CT molecular complexity index is 714. The summed E-state index contributed by atoms with van der Waals surface area (Å²) < 4.78 is 27.2. The van der Waals surface area contributed by atoms with Gasteiger partial charge in [-0.05, 0) is 23.6 Å². The molecule has 0 radical (unpaired) electrons. The Morgan fingerprint density at radius 1 is 1.08 bits per heavy atom. The van der Waals surface area contributed by atoms with Crippen LogP contribution in [0.3, 0.4) is 0 Å². The van der Waals surface area contributed by atoms with E-state index < -0.39 is 10.0 Å². The molecule has 0 N–H and O–H groups in total. The van der Waals surface area contributed by atoms with Gasteiger partial charge in [0.1, 0.15) is 0 Å². The zero-order valence-corrected chi connectivity index (χ0v) is 18.0. The van der Waals surface area contributed by atoms with Gasteiger partial charge in [0.25, 0.3) is 0 Å². The van der Waals surface area contributed by atoms with Gasteiger partial charge < -0.3 is 4.90 Å². The van der Waals surface area contributed by atoms with Crippen LogP contribution < -0.4 is 0 Å². The molecule has 1 heterocycles. The Labute approximate surface area is 162 Å². The number of thioether (sulfide) groups is 1. The molecular weight excluding hydrogens is 368 g/mol. The fourth-order valence-electron chi connectivity index (χ4n) is 2.72. The first-order valence-corrected chi connectivity index (χ1v) is 11.4. The lowest BCUT2D eigenvalue weighted by atomic mass is 10.0. The van der Waals surface area contributed by atoms with Gasteiger partial charge in [-0.25, -0.2) is 8.42 Å². The third-order valence-corrected chi connectivity index (χ3v) is 7.57. The van der Waals surface area contributed by atoms with Crippen LogP contribution in [0.2, 0.25) is 0 Å². The monoisotopic (exact) mass is 398 g/mol. The van der Waals surface area contributed by atoms with Crippen molar-refractivity contribution in [2.45, 2.75) is 50.2 Å². The summed E-state index contributed by atoms with van der Waals surface area (Å²) in [5.41, 5.74) is 1.12. The average molecular weight is 399 g/mol. The highest BCUT2D eigenvalue weighted by atomic mass is 32.2. The number of piperazine rings is 1. The zero-order chi connectivity index (χ0) is 19.5. The lowest BCUT2D eigenvalue weighted by molar-refractivity contribution is -0.129. The van der Waals surface area contributed by atoms with E-state index in [1.54, 1.807) is 28.8 Å². The molecule has 1 aromatic rings. The number of carbonyl (C=O) groups is 1. The van der Waals surface area contributed by atoms with Crippen LogP contribution in [0, 0.1) is 0 Å². The molecule has 0 bridgehead atoms. The number of carbonyl (C=O) groups excluding carboxylic acids is 1. The second-order valence-electron chi connectivity index (χ2n) is 7.91. The fraction of sp³-hybridized carbons (Fsp3) is 0.632. The summed E-state index contributed by atoms with van der Waals surface area (Å²) in [4.78, 5) is 14.4. The SMILES string of the molecule is CC(C)c1ccc(S(=O)(=O)N2CCN(C(=O)CSC(C)(C)C)CC2)cc1. The Morgan fingerprint density at radius 2 is 1.62 bits per heavy atom. The first-order chi connectivity index (χ1) is 12.0. The van der Waals surface area contributed by atoms with Crippen LogP contribution in [0.1, 0.15) is 46.1 Å². The van der Waals surface area contributed by atoms with Crippen LogP contribution >= 0.6 is 11.8 Å². The molecule has 1 amide bonds. The van der Waals surface area contributed by atoms with Gasteiger partial charge in [0.2, 0.25) is 15.9 Å². The number of rotatable bonds is 5. The summed E-state index contributed by atoms with van der Waals surface area (Å²) in [5.74, 6) is 0.892. The van der Waals surface area contributed by atoms with E-state index in [2.05, 4.69) is 34.6 Å². The van der Waals surface area contributed by atoms with Crippen LogP contribution in [0.15, 0.2) is 29.2 Å². The first kappa shape index (κ1) is 21.3. The van der Waals surface area contributed by atoms with E-state index in [9.17, 15) is 13.2 Å². The maximum Gasteiger partial charge on any atom is 0.243 e. The number of sulfonamides is 1. The van der Waals surface area contributed by atoms with Crippen LogP contribution in [0.25, 0.3) is 0 Å². The van der Waals surface area contributed by atoms with E-state index in [0.717, 1.165) is 5.56 Å². The molecule has 0 unspecified atom stereocenters. The number of amides is 1. The maximum atomic E-state index is 12.8. The highest BCUT2D eigenvalue weighted by Gasteiger charge is 2.30. The third-order valence-electron chi connectivity index (χ3n) is 4.40. The predicted octanol–water partition coefficient (Wildman–Crippen LogP) is 3.17. The smallest absolute Gasteiger partial charge is 0.243 e. The van der Waals surface area contributed by atoms with Gasteiger partial charge in [-0.2, -0.15) is 4.31 Å². The summed E-state index contributed by atoms with van der Waals surface area (Å²) in [6.45, 7) is 12.0. The van der Waals surface area contributed by atoms with Gasteiger partial charge in [-0.3, -0.25) is 4.79 Å². The van der Waals surface area contributed by atoms with Gasteiger partial charge in [-0.1, -0.05) is 46.8 Å². The van der Waals surface area contributed by atoms with Crippen LogP contribution in [0.5, 0.6) is 0 Å². The number of hydrogen-bond acceptors (Lipinski definition) is 4. The molecule has 0 saturated carbocycles. The summed E-state index contributed by atoms with van der Waals surface area (Å²) >= 11 is 1.62. The number of benzene rings is 1. The van der Waals surface area contributed by atoms with Crippen molar-refractivity contribution in [3.05, 3.63) is 29.8 Å². The normalized spacial score (nSPS) is 16.9. The molecule has 1 saturated heterocycles. The van der Waals surface area contributed by atoms with Crippen molar-refractivity contribution in [2.24, 2.45) is 0 Å². The minimum atomic E-state index is -3.50. The second kappa shape index (κ2) is 8.31. The quantitative estimate of drug-likeness (QED) is 0.764. The minimum absolute atomic E-state index is 0.0446. The Balaban J connectivity index is 1.96. The maximum absolute atomic E-state index is 12.8. The largest absolute Gasteiger partial charge is 0.339 e. The Kier molecular flexibility index (Phi) is 6.80. The molecule has 7 heteroatoms. The van der Waals surface area contributed by atoms with E-state index in [0.29, 0.717) is 42.7 Å². The van der Waals surface area contributed by atoms with E-state index in [1.807, 2.05) is 12.1 Å². The number of nitrogens with zero attached hydrogens (tertiary/aromatic N) is 2. The van der Waals surface area contributed by atoms with Gasteiger partial charge in [-0.15, -0.1) is 11.8 Å². The Hall–Kier alpha value is -1.05. The Morgan fingerprint density at radius 3 is 2.08 bits per heavy atom. The molecule has 5 nitrogen and oxygen atoms in total. The summed E-state index contributed by atoms with van der Waals surface area (Å²) in [6.07, 6.45) is 0. The van der Waals surface area contributed by atoms with E-state index >= 15 is 0 Å². The molecule has 1 aliphatic rings. The summed E-state index contributed by atoms with van der Waals surface area (Å²) in [7, 11) is -3.50. The van der Waals surface area contributed by atoms with Crippen LogP contribution in [-0.4, -0.2) is 60.2 Å². The molecule has 1 aliphatic heterocycles. The predicted molar refractivity (Wildman–Crippen MR) is 108 cm³/mol. The highest BCUT2D eigenvalue weighted by Crippen LogP contribution is 2.24. The van der Waals surface area contributed by atoms with E-state index in [1.165, 1.54) is 4.31 Å². The van der Waals surface area contributed by atoms with Crippen molar-refractivity contribution in [1.82, 2.24) is 9.21 Å². The van der Waals surface area contributed by atoms with Crippen LogP contribution in [0.4, 0.5) is 0 Å². The van der Waals surface area contributed by atoms with Crippen LogP contribution in [-0.2, 0) is 14.8 Å². The summed E-state index contributed by atoms with van der Waals surface area (Å²) in [6, 6.07) is 7.12. The topological polar surface area (TPSA) is 57.7 Å². The van der Waals surface area contributed by atoms with Crippen molar-refractivity contribution in [3.63, 3.8) is 0 Å². The van der Waals surface area contributed by atoms with Crippen molar-refractivity contribution < 1.29 is 13.2 Å². The fourth-order valence-corrected chi connectivity index (χ4v) is 4.88. The molecule has 2 rings (SSSR count). The van der Waals surface area contributed by atoms with Crippen molar-refractivity contribution in [3.8, 4) is 0 Å². The average Bonchev–Trinajstić information content (AvgIpc) is 2.59. The molecule has 0 atom stereocenters. The highest BCUT2D eigenvalue weighted by molar-refractivity contribution is 8.01. The lowest BCUT2D eigenvalue weighted by Crippen LogP contribution is -2.51. The van der Waals surface area contributed by atoms with Crippen molar-refractivity contribution in [1.29, 1.82) is 0 Å². The molecule has 1 aromatic carbocycles. The number of hydrogen-bond donors (Lipinski definition) is 0. The second-order valence-corrected chi connectivity index (χ2v) is 11.6. The molecule has 0 aromatic heterocycles. The third kappa shape index (κ3) is 5.47. The van der Waals surface area contributed by atoms with E-state index in [4.69, 9.17) is 0 Å². The summed E-state index contributed by atoms with van der Waals surface area (Å²) in [5, 5.41) is 0. The molecular formula is C19H30N2O3S2. The zero-order valence-electron chi connectivity index (χ0n) is 16.4. The first-order valence-electron chi connectivity index (χ1n) is 9.02. The standard InChI is InChI=1S/C19H30N2O3S2/c1-15(2)16-6-8-17(9-7-16)26(23,24)21-12-10-20(11-13-21)18(22)14-25-19(3,4)5/h6-9,15H,10-14H2,1-5H3. The lowest BCUT2D eigenvalue weighted by Gasteiger charge is -2.34. The molecule has 26 heavy (non-hydrogen) atoms. The molecule has 1 fully saturated rings. The van der Waals surface area contributed by atoms with E-state index in [-0.39, 0.29) is 10.7 Å². The molecule has 0 spiro atoms. The van der Waals surface area contributed by atoms with Gasteiger partial charge in [0.15, 0.2) is 0 Å². The van der Waals surface area contributed by atoms with Crippen molar-refractivity contribution in [2.75, 3.05) is 31.9 Å². The minimum Gasteiger partial charge on any atom is -0.339 e. The molecule has 0 aliphatic carbocycles. The van der Waals surface area contributed by atoms with Gasteiger partial charge >= 0.3 is 0 Å². The van der Waals surface area contributed by atoms with Gasteiger partial charge in [0, 0.05) is 30.9 Å².